The average molecular weight is 344 g/mol. The zero-order chi connectivity index (χ0) is 18.6. The van der Waals surface area contributed by atoms with Gasteiger partial charge in [0.25, 0.3) is 0 Å². The predicted molar refractivity (Wildman–Crippen MR) is 101 cm³/mol. The molecule has 0 aliphatic heterocycles. The number of para-hydroxylation sites is 2. The van der Waals surface area contributed by atoms with Gasteiger partial charge in [0.1, 0.15) is 11.9 Å². The van der Waals surface area contributed by atoms with Crippen molar-refractivity contribution in [3.8, 4) is 17.9 Å². The lowest BCUT2D eigenvalue weighted by Crippen LogP contribution is -2.20. The topological polar surface area (TPSA) is 79.4 Å². The number of anilines is 1. The normalized spacial score (nSPS) is 10.8. The van der Waals surface area contributed by atoms with Crippen molar-refractivity contribution >= 4 is 16.9 Å². The van der Waals surface area contributed by atoms with Crippen molar-refractivity contribution in [1.29, 1.82) is 5.26 Å². The molecule has 0 atom stereocenters. The molecule has 0 aliphatic carbocycles. The number of rotatable bonds is 3. The molecular weight excluding hydrogens is 324 g/mol. The molecule has 1 aromatic carbocycles. The van der Waals surface area contributed by atoms with Crippen molar-refractivity contribution in [1.82, 2.24) is 19.5 Å². The summed E-state index contributed by atoms with van der Waals surface area (Å²) in [4.78, 5) is 12.7. The van der Waals surface area contributed by atoms with Gasteiger partial charge in [0.2, 0.25) is 5.82 Å². The number of hydrogen-bond acceptors (Lipinski definition) is 5. The van der Waals surface area contributed by atoms with Gasteiger partial charge in [-0.1, -0.05) is 44.7 Å². The first-order chi connectivity index (χ1) is 12.5. The Labute approximate surface area is 152 Å². The summed E-state index contributed by atoms with van der Waals surface area (Å²) in [6.07, 6.45) is 3.38. The molecule has 0 saturated heterocycles. The fourth-order valence-corrected chi connectivity index (χ4v) is 2.37. The Morgan fingerprint density at radius 3 is 2.77 bits per heavy atom. The number of nitriles is 1. The van der Waals surface area contributed by atoms with Crippen LogP contribution in [0.15, 0.2) is 36.8 Å². The van der Waals surface area contributed by atoms with Crippen LogP contribution in [0.4, 0.5) is 5.82 Å². The summed E-state index contributed by atoms with van der Waals surface area (Å²) < 4.78 is 2.00. The summed E-state index contributed by atoms with van der Waals surface area (Å²) in [5.41, 5.74) is 2.75. The second kappa shape index (κ2) is 7.25. The molecule has 3 rings (SSSR count). The second-order valence-corrected chi connectivity index (χ2v) is 7.14. The lowest BCUT2D eigenvalue weighted by molar-refractivity contribution is 0.442. The fourth-order valence-electron chi connectivity index (χ4n) is 2.37. The van der Waals surface area contributed by atoms with E-state index in [-0.39, 0.29) is 11.2 Å². The van der Waals surface area contributed by atoms with E-state index in [2.05, 4.69) is 52.9 Å². The van der Waals surface area contributed by atoms with E-state index >= 15 is 0 Å². The number of fused-ring (bicyclic) bond motifs is 1. The molecule has 0 unspecified atom stereocenters. The first-order valence-corrected chi connectivity index (χ1v) is 8.36. The molecule has 0 radical (unpaired) electrons. The molecule has 3 aromatic rings. The molecule has 0 bridgehead atoms. The molecule has 2 heterocycles. The molecule has 2 aromatic heterocycles. The number of benzene rings is 1. The first kappa shape index (κ1) is 17.4. The summed E-state index contributed by atoms with van der Waals surface area (Å²) in [5.74, 6) is 6.97. The van der Waals surface area contributed by atoms with Gasteiger partial charge >= 0.3 is 0 Å². The highest BCUT2D eigenvalue weighted by atomic mass is 15.0. The third-order valence-electron chi connectivity index (χ3n) is 3.67. The largest absolute Gasteiger partial charge is 0.368 e. The molecule has 6 nitrogen and oxygen atoms in total. The van der Waals surface area contributed by atoms with E-state index in [1.54, 1.807) is 12.5 Å². The Hall–Kier alpha value is -3.38. The third kappa shape index (κ3) is 4.17. The van der Waals surface area contributed by atoms with Crippen molar-refractivity contribution < 1.29 is 0 Å². The summed E-state index contributed by atoms with van der Waals surface area (Å²) in [6, 6.07) is 9.91. The van der Waals surface area contributed by atoms with E-state index in [0.717, 1.165) is 17.6 Å². The van der Waals surface area contributed by atoms with Gasteiger partial charge in [0.05, 0.1) is 29.5 Å². The molecule has 26 heavy (non-hydrogen) atoms. The van der Waals surface area contributed by atoms with E-state index in [1.807, 2.05) is 34.9 Å². The highest BCUT2D eigenvalue weighted by Gasteiger charge is 2.12. The van der Waals surface area contributed by atoms with E-state index in [9.17, 15) is 0 Å². The van der Waals surface area contributed by atoms with Crippen LogP contribution in [-0.4, -0.2) is 26.1 Å². The Kier molecular flexibility index (Phi) is 4.86. The van der Waals surface area contributed by atoms with Gasteiger partial charge < -0.3 is 9.88 Å². The van der Waals surface area contributed by atoms with E-state index in [0.29, 0.717) is 17.9 Å². The Morgan fingerprint density at radius 1 is 1.19 bits per heavy atom. The maximum absolute atomic E-state index is 9.03. The van der Waals surface area contributed by atoms with Crippen LogP contribution in [0.2, 0.25) is 0 Å². The maximum Gasteiger partial charge on any atom is 0.234 e. The summed E-state index contributed by atoms with van der Waals surface area (Å²) >= 11 is 0. The summed E-state index contributed by atoms with van der Waals surface area (Å²) in [7, 11) is 0. The van der Waals surface area contributed by atoms with E-state index < -0.39 is 0 Å². The Balaban J connectivity index is 1.83. The molecule has 6 heteroatoms. The predicted octanol–water partition coefficient (Wildman–Crippen LogP) is 3.21. The lowest BCUT2D eigenvalue weighted by atomic mass is 9.97. The fraction of sp³-hybridized carbons (Fsp3) is 0.300. The van der Waals surface area contributed by atoms with Gasteiger partial charge in [-0.05, 0) is 17.5 Å². The second-order valence-electron chi connectivity index (χ2n) is 7.14. The minimum absolute atomic E-state index is 0.0815. The smallest absolute Gasteiger partial charge is 0.234 e. The minimum Gasteiger partial charge on any atom is -0.368 e. The number of aromatic nitrogens is 4. The van der Waals surface area contributed by atoms with Crippen LogP contribution in [0.5, 0.6) is 0 Å². The van der Waals surface area contributed by atoms with Gasteiger partial charge in [0, 0.05) is 12.7 Å². The quantitative estimate of drug-likeness (QED) is 0.738. The monoisotopic (exact) mass is 344 g/mol. The molecule has 0 fully saturated rings. The van der Waals surface area contributed by atoms with Crippen LogP contribution in [-0.2, 0) is 6.54 Å². The number of imidazole rings is 1. The van der Waals surface area contributed by atoms with Crippen molar-refractivity contribution in [3.05, 3.63) is 48.2 Å². The van der Waals surface area contributed by atoms with Crippen molar-refractivity contribution in [2.24, 2.45) is 5.41 Å². The zero-order valence-corrected chi connectivity index (χ0v) is 15.1. The average Bonchev–Trinajstić information content (AvgIpc) is 3.03. The molecule has 0 spiro atoms. The van der Waals surface area contributed by atoms with Gasteiger partial charge in [-0.15, -0.1) is 0 Å². The number of nitrogens with zero attached hydrogens (tertiary/aromatic N) is 5. The Morgan fingerprint density at radius 2 is 2.00 bits per heavy atom. The highest BCUT2D eigenvalue weighted by Crippen LogP contribution is 2.17. The first-order valence-electron chi connectivity index (χ1n) is 8.36. The van der Waals surface area contributed by atoms with Crippen molar-refractivity contribution in [2.75, 3.05) is 11.9 Å². The standard InChI is InChI=1S/C20H20N6/c1-20(2,3)13-23-19-15(12-22-18(11-21)25-19)7-6-10-26-14-24-16-8-4-5-9-17(16)26/h4-5,8-9,12,14H,10,13H2,1-3H3,(H,22,23,25). The van der Waals surface area contributed by atoms with Gasteiger partial charge in [-0.3, -0.25) is 0 Å². The molecule has 0 saturated carbocycles. The van der Waals surface area contributed by atoms with E-state index in [1.165, 1.54) is 0 Å². The lowest BCUT2D eigenvalue weighted by Gasteiger charge is -2.19. The molecular formula is C20H20N6. The molecule has 0 amide bonds. The van der Waals surface area contributed by atoms with Crippen molar-refractivity contribution in [2.45, 2.75) is 27.3 Å². The van der Waals surface area contributed by atoms with Crippen LogP contribution < -0.4 is 5.32 Å². The molecule has 0 aliphatic rings. The SMILES string of the molecule is CC(C)(C)CNc1nc(C#N)ncc1C#CCn1cnc2ccccc21. The van der Waals surface area contributed by atoms with Crippen LogP contribution in [0, 0.1) is 28.6 Å². The molecule has 1 N–H and O–H groups in total. The molecule has 130 valence electrons. The van der Waals surface area contributed by atoms with Gasteiger partial charge in [0.15, 0.2) is 0 Å². The third-order valence-corrected chi connectivity index (χ3v) is 3.67. The van der Waals surface area contributed by atoms with Crippen LogP contribution in [0.1, 0.15) is 32.2 Å². The van der Waals surface area contributed by atoms with Crippen molar-refractivity contribution in [3.63, 3.8) is 0 Å². The van der Waals surface area contributed by atoms with Gasteiger partial charge in [-0.2, -0.15) is 5.26 Å². The minimum atomic E-state index is 0.0815. The summed E-state index contributed by atoms with van der Waals surface area (Å²) in [6.45, 7) is 7.61. The van der Waals surface area contributed by atoms with Crippen LogP contribution >= 0.6 is 0 Å². The maximum atomic E-state index is 9.03. The zero-order valence-electron chi connectivity index (χ0n) is 15.1. The van der Waals surface area contributed by atoms with Crippen LogP contribution in [0.3, 0.4) is 0 Å². The Bertz CT molecular complexity index is 1020. The highest BCUT2D eigenvalue weighted by molar-refractivity contribution is 5.75. The van der Waals surface area contributed by atoms with Crippen LogP contribution in [0.25, 0.3) is 11.0 Å². The van der Waals surface area contributed by atoms with E-state index in [4.69, 9.17) is 5.26 Å². The number of hydrogen-bond donors (Lipinski definition) is 1. The summed E-state index contributed by atoms with van der Waals surface area (Å²) in [5, 5.41) is 12.3. The van der Waals surface area contributed by atoms with Gasteiger partial charge in [-0.25, -0.2) is 15.0 Å². The number of nitrogens with one attached hydrogen (secondary N) is 1.